The lowest BCUT2D eigenvalue weighted by atomic mass is 10.1. The van der Waals surface area contributed by atoms with Crippen molar-refractivity contribution in [2.24, 2.45) is 5.16 Å². The minimum absolute atomic E-state index is 0.00118. The second-order valence-electron chi connectivity index (χ2n) is 5.27. The lowest BCUT2D eigenvalue weighted by Crippen LogP contribution is -2.42. The molecule has 0 saturated heterocycles. The van der Waals surface area contributed by atoms with E-state index in [4.69, 9.17) is 4.84 Å². The number of thioether (sulfide) groups is 1. The fraction of sp³-hybridized carbons (Fsp3) is 0.222. The molecule has 0 N–H and O–H groups in total. The van der Waals surface area contributed by atoms with E-state index < -0.39 is 0 Å². The van der Waals surface area contributed by atoms with Gasteiger partial charge < -0.3 is 4.84 Å². The highest BCUT2D eigenvalue weighted by Gasteiger charge is 2.25. The Morgan fingerprint density at radius 2 is 1.83 bits per heavy atom. The second-order valence-corrected chi connectivity index (χ2v) is 6.15. The van der Waals surface area contributed by atoms with Crippen molar-refractivity contribution < 1.29 is 9.63 Å². The van der Waals surface area contributed by atoms with E-state index in [0.717, 1.165) is 11.1 Å². The first-order valence-electron chi connectivity index (χ1n) is 7.42. The lowest BCUT2D eigenvalue weighted by Gasteiger charge is -2.27. The largest absolute Gasteiger partial charge is 0.384 e. The highest BCUT2D eigenvalue weighted by atomic mass is 32.2. The molecule has 4 nitrogen and oxygen atoms in total. The van der Waals surface area contributed by atoms with Gasteiger partial charge in [-0.05, 0) is 29.5 Å². The molecule has 0 bridgehead atoms. The van der Waals surface area contributed by atoms with Gasteiger partial charge in [-0.25, -0.2) is 0 Å². The topological polar surface area (TPSA) is 41.9 Å². The van der Waals surface area contributed by atoms with Crippen LogP contribution in [0.2, 0.25) is 0 Å². The molecule has 1 aliphatic rings. The number of hydrogen-bond acceptors (Lipinski definition) is 4. The van der Waals surface area contributed by atoms with Crippen molar-refractivity contribution in [3.8, 4) is 0 Å². The van der Waals surface area contributed by atoms with Crippen molar-refractivity contribution in [2.75, 3.05) is 12.9 Å². The lowest BCUT2D eigenvalue weighted by molar-refractivity contribution is -0.135. The normalized spacial score (nSPS) is 14.4. The molecule has 0 spiro atoms. The maximum Gasteiger partial charge on any atom is 0.269 e. The maximum absolute atomic E-state index is 12.2. The van der Waals surface area contributed by atoms with Crippen LogP contribution in [0.4, 0.5) is 0 Å². The predicted molar refractivity (Wildman–Crippen MR) is 92.3 cm³/mol. The SMILES string of the molecule is CSc1ccc(CN2C(=O)CON=C2Cc2ccccc2)cc1. The zero-order chi connectivity index (χ0) is 16.1. The van der Waals surface area contributed by atoms with Crippen LogP contribution in [-0.2, 0) is 22.6 Å². The molecule has 1 heterocycles. The van der Waals surface area contributed by atoms with Crippen molar-refractivity contribution in [1.29, 1.82) is 0 Å². The number of carbonyl (C=O) groups excluding carboxylic acids is 1. The Hall–Kier alpha value is -2.27. The van der Waals surface area contributed by atoms with Gasteiger partial charge in [-0.1, -0.05) is 47.6 Å². The van der Waals surface area contributed by atoms with Crippen molar-refractivity contribution in [2.45, 2.75) is 17.9 Å². The molecule has 2 aromatic rings. The number of hydrogen-bond donors (Lipinski definition) is 0. The zero-order valence-electron chi connectivity index (χ0n) is 12.9. The average molecular weight is 326 g/mol. The van der Waals surface area contributed by atoms with Crippen LogP contribution in [0.1, 0.15) is 11.1 Å². The number of amidine groups is 1. The van der Waals surface area contributed by atoms with Gasteiger partial charge in [-0.15, -0.1) is 11.8 Å². The molecule has 0 aliphatic carbocycles. The first kappa shape index (κ1) is 15.6. The van der Waals surface area contributed by atoms with Crippen LogP contribution in [0.3, 0.4) is 0 Å². The zero-order valence-corrected chi connectivity index (χ0v) is 13.8. The third-order valence-corrected chi connectivity index (χ3v) is 4.42. The highest BCUT2D eigenvalue weighted by molar-refractivity contribution is 7.98. The van der Waals surface area contributed by atoms with E-state index in [1.165, 1.54) is 4.90 Å². The van der Waals surface area contributed by atoms with Crippen molar-refractivity contribution >= 4 is 23.5 Å². The van der Waals surface area contributed by atoms with E-state index in [1.807, 2.05) is 36.6 Å². The van der Waals surface area contributed by atoms with E-state index in [0.29, 0.717) is 18.8 Å². The van der Waals surface area contributed by atoms with Gasteiger partial charge in [0.25, 0.3) is 5.91 Å². The Morgan fingerprint density at radius 3 is 2.52 bits per heavy atom. The number of nitrogens with zero attached hydrogens (tertiary/aromatic N) is 2. The van der Waals surface area contributed by atoms with Gasteiger partial charge in [0.2, 0.25) is 0 Å². The third-order valence-electron chi connectivity index (χ3n) is 3.68. The fourth-order valence-corrected chi connectivity index (χ4v) is 2.84. The molecule has 23 heavy (non-hydrogen) atoms. The molecule has 1 amide bonds. The van der Waals surface area contributed by atoms with Crippen LogP contribution in [0.25, 0.3) is 0 Å². The summed E-state index contributed by atoms with van der Waals surface area (Å²) in [5.41, 5.74) is 2.19. The van der Waals surface area contributed by atoms with E-state index in [9.17, 15) is 4.79 Å². The molecule has 5 heteroatoms. The third kappa shape index (κ3) is 3.93. The minimum atomic E-state index is -0.0557. The summed E-state index contributed by atoms with van der Waals surface area (Å²) in [6, 6.07) is 18.2. The van der Waals surface area contributed by atoms with Crippen LogP contribution in [0.5, 0.6) is 0 Å². The summed E-state index contributed by atoms with van der Waals surface area (Å²) in [7, 11) is 0. The van der Waals surface area contributed by atoms with Crippen LogP contribution >= 0.6 is 11.8 Å². The summed E-state index contributed by atoms with van der Waals surface area (Å²) in [6.45, 7) is 0.518. The summed E-state index contributed by atoms with van der Waals surface area (Å²) in [6.07, 6.45) is 2.63. The quantitative estimate of drug-likeness (QED) is 0.792. The molecule has 0 atom stereocenters. The van der Waals surface area contributed by atoms with Gasteiger partial charge in [-0.2, -0.15) is 0 Å². The standard InChI is InChI=1S/C18H18N2O2S/c1-23-16-9-7-15(8-10-16)12-20-17(19-22-13-18(20)21)11-14-5-3-2-4-6-14/h2-10H,11-13H2,1H3. The molecule has 118 valence electrons. The molecule has 0 unspecified atom stereocenters. The van der Waals surface area contributed by atoms with Crippen LogP contribution in [0.15, 0.2) is 64.6 Å². The van der Waals surface area contributed by atoms with E-state index in [2.05, 4.69) is 29.4 Å². The number of amides is 1. The first-order chi connectivity index (χ1) is 11.3. The van der Waals surface area contributed by atoms with Gasteiger partial charge in [0, 0.05) is 11.3 Å². The van der Waals surface area contributed by atoms with Gasteiger partial charge in [0.1, 0.15) is 0 Å². The summed E-state index contributed by atoms with van der Waals surface area (Å²) >= 11 is 1.70. The van der Waals surface area contributed by atoms with Crippen molar-refractivity contribution in [3.63, 3.8) is 0 Å². The Labute approximate surface area is 140 Å². The highest BCUT2D eigenvalue weighted by Crippen LogP contribution is 2.18. The smallest absolute Gasteiger partial charge is 0.269 e. The molecule has 0 radical (unpaired) electrons. The molecular formula is C18H18N2O2S. The second kappa shape index (κ2) is 7.33. The maximum atomic E-state index is 12.2. The summed E-state index contributed by atoms with van der Waals surface area (Å²) < 4.78 is 0. The fourth-order valence-electron chi connectivity index (χ4n) is 2.43. The van der Waals surface area contributed by atoms with Gasteiger partial charge >= 0.3 is 0 Å². The summed E-state index contributed by atoms with van der Waals surface area (Å²) in [5.74, 6) is 0.598. The molecule has 0 fully saturated rings. The molecule has 1 aliphatic heterocycles. The summed E-state index contributed by atoms with van der Waals surface area (Å²) in [4.78, 5) is 20.2. The van der Waals surface area contributed by atoms with Crippen molar-refractivity contribution in [1.82, 2.24) is 4.90 Å². The number of oxime groups is 1. The van der Waals surface area contributed by atoms with E-state index in [-0.39, 0.29) is 12.5 Å². The number of carbonyl (C=O) groups is 1. The Morgan fingerprint density at radius 1 is 1.09 bits per heavy atom. The minimum Gasteiger partial charge on any atom is -0.384 e. The Kier molecular flexibility index (Phi) is 4.98. The number of rotatable bonds is 5. The van der Waals surface area contributed by atoms with Gasteiger partial charge in [-0.3, -0.25) is 9.69 Å². The Balaban J connectivity index is 1.77. The monoisotopic (exact) mass is 326 g/mol. The summed E-state index contributed by atoms with van der Waals surface area (Å²) in [5, 5.41) is 4.10. The van der Waals surface area contributed by atoms with Crippen LogP contribution < -0.4 is 0 Å². The van der Waals surface area contributed by atoms with Gasteiger partial charge in [0.05, 0.1) is 6.54 Å². The average Bonchev–Trinajstić information content (AvgIpc) is 2.59. The predicted octanol–water partition coefficient (Wildman–Crippen LogP) is 3.32. The van der Waals surface area contributed by atoms with E-state index >= 15 is 0 Å². The van der Waals surface area contributed by atoms with Crippen LogP contribution in [-0.4, -0.2) is 29.5 Å². The number of benzene rings is 2. The van der Waals surface area contributed by atoms with Crippen molar-refractivity contribution in [3.05, 3.63) is 65.7 Å². The molecule has 0 saturated carbocycles. The Bertz CT molecular complexity index is 699. The van der Waals surface area contributed by atoms with Gasteiger partial charge in [0.15, 0.2) is 12.4 Å². The molecule has 0 aromatic heterocycles. The molecule has 2 aromatic carbocycles. The van der Waals surface area contributed by atoms with Crippen LogP contribution in [0, 0.1) is 0 Å². The molecule has 3 rings (SSSR count). The molecular weight excluding hydrogens is 308 g/mol. The van der Waals surface area contributed by atoms with E-state index in [1.54, 1.807) is 16.7 Å². The first-order valence-corrected chi connectivity index (χ1v) is 8.65.